The fraction of sp³-hybridized carbons (Fsp3) is 0.462. The van der Waals surface area contributed by atoms with E-state index in [-0.39, 0.29) is 11.9 Å². The van der Waals surface area contributed by atoms with Crippen LogP contribution in [0.5, 0.6) is 0 Å². The molecular weight excluding hydrogens is 268 g/mol. The predicted octanol–water partition coefficient (Wildman–Crippen LogP) is 2.00. The smallest absolute Gasteiger partial charge is 0.240 e. The lowest BCUT2D eigenvalue weighted by molar-refractivity contribution is -0.132. The molecule has 0 aliphatic carbocycles. The van der Waals surface area contributed by atoms with Gasteiger partial charge in [0.05, 0.1) is 6.04 Å². The van der Waals surface area contributed by atoms with Crippen LogP contribution in [0, 0.1) is 0 Å². The molecule has 0 radical (unpaired) electrons. The van der Waals surface area contributed by atoms with Crippen LogP contribution < -0.4 is 5.32 Å². The second-order valence-corrected chi connectivity index (χ2v) is 5.99. The highest BCUT2D eigenvalue weighted by atomic mass is 35.5. The van der Waals surface area contributed by atoms with Gasteiger partial charge in [0.1, 0.15) is 0 Å². The van der Waals surface area contributed by atoms with Crippen LogP contribution in [0.4, 0.5) is 0 Å². The van der Waals surface area contributed by atoms with E-state index in [0.29, 0.717) is 6.54 Å². The summed E-state index contributed by atoms with van der Waals surface area (Å²) >= 11 is 7.67. The van der Waals surface area contributed by atoms with Crippen molar-refractivity contribution >= 4 is 29.3 Å². The predicted molar refractivity (Wildman–Crippen MR) is 77.0 cm³/mol. The number of carbonyl (C=O) groups excluding carboxylic acids is 1. The maximum atomic E-state index is 12.2. The first-order valence-corrected chi connectivity index (χ1v) is 7.50. The zero-order valence-electron chi connectivity index (χ0n) is 10.4. The highest BCUT2D eigenvalue weighted by Gasteiger charge is 2.23. The van der Waals surface area contributed by atoms with E-state index in [9.17, 15) is 4.79 Å². The average molecular weight is 285 g/mol. The molecule has 0 aromatic heterocycles. The quantitative estimate of drug-likeness (QED) is 0.921. The summed E-state index contributed by atoms with van der Waals surface area (Å²) in [5, 5.41) is 3.98. The van der Waals surface area contributed by atoms with E-state index >= 15 is 0 Å². The standard InChI is InChI=1S/C13H17ClN2OS/c1-16(8-10-2-4-11(14)5-3-10)13(17)12-9-18-7-6-15-12/h2-5,12,15H,6-9H2,1H3. The van der Waals surface area contributed by atoms with E-state index in [1.54, 1.807) is 4.90 Å². The maximum absolute atomic E-state index is 12.2. The summed E-state index contributed by atoms with van der Waals surface area (Å²) in [7, 11) is 1.85. The number of halogens is 1. The van der Waals surface area contributed by atoms with Gasteiger partial charge in [-0.1, -0.05) is 23.7 Å². The lowest BCUT2D eigenvalue weighted by Crippen LogP contribution is -2.49. The molecule has 1 heterocycles. The van der Waals surface area contributed by atoms with Gasteiger partial charge in [-0.05, 0) is 17.7 Å². The summed E-state index contributed by atoms with van der Waals surface area (Å²) in [6.45, 7) is 1.54. The summed E-state index contributed by atoms with van der Waals surface area (Å²) < 4.78 is 0. The van der Waals surface area contributed by atoms with Crippen LogP contribution in [0.1, 0.15) is 5.56 Å². The minimum atomic E-state index is -0.0407. The summed E-state index contributed by atoms with van der Waals surface area (Å²) in [6, 6.07) is 7.57. The molecule has 2 rings (SSSR count). The Balaban J connectivity index is 1.92. The van der Waals surface area contributed by atoms with E-state index in [2.05, 4.69) is 5.32 Å². The Morgan fingerprint density at radius 2 is 2.22 bits per heavy atom. The second kappa shape index (κ2) is 6.45. The van der Waals surface area contributed by atoms with Crippen molar-refractivity contribution in [2.45, 2.75) is 12.6 Å². The monoisotopic (exact) mass is 284 g/mol. The summed E-state index contributed by atoms with van der Waals surface area (Å²) in [5.41, 5.74) is 1.10. The summed E-state index contributed by atoms with van der Waals surface area (Å²) in [6.07, 6.45) is 0. The molecule has 1 N–H and O–H groups in total. The molecule has 1 fully saturated rings. The third-order valence-electron chi connectivity index (χ3n) is 2.93. The Morgan fingerprint density at radius 1 is 1.50 bits per heavy atom. The van der Waals surface area contributed by atoms with E-state index in [4.69, 9.17) is 11.6 Å². The zero-order valence-corrected chi connectivity index (χ0v) is 11.9. The van der Waals surface area contributed by atoms with Crippen LogP contribution in [0.2, 0.25) is 5.02 Å². The van der Waals surface area contributed by atoms with Gasteiger partial charge in [0.25, 0.3) is 0 Å². The minimum absolute atomic E-state index is 0.0407. The molecule has 0 bridgehead atoms. The third-order valence-corrected chi connectivity index (χ3v) is 4.24. The van der Waals surface area contributed by atoms with Crippen LogP contribution in [0.25, 0.3) is 0 Å². The van der Waals surface area contributed by atoms with Gasteiger partial charge >= 0.3 is 0 Å². The molecule has 3 nitrogen and oxygen atoms in total. The number of likely N-dealkylation sites (N-methyl/N-ethyl adjacent to an activating group) is 1. The molecule has 5 heteroatoms. The largest absolute Gasteiger partial charge is 0.340 e. The van der Waals surface area contributed by atoms with E-state index in [0.717, 1.165) is 28.6 Å². The van der Waals surface area contributed by atoms with Crippen LogP contribution in [-0.4, -0.2) is 41.9 Å². The first kappa shape index (κ1) is 13.7. The Kier molecular flexibility index (Phi) is 4.92. The second-order valence-electron chi connectivity index (χ2n) is 4.40. The molecular formula is C13H17ClN2OS. The summed E-state index contributed by atoms with van der Waals surface area (Å²) in [4.78, 5) is 14.0. The Bertz CT molecular complexity index is 404. The maximum Gasteiger partial charge on any atom is 0.240 e. The minimum Gasteiger partial charge on any atom is -0.340 e. The van der Waals surface area contributed by atoms with Crippen molar-refractivity contribution in [1.82, 2.24) is 10.2 Å². The summed E-state index contributed by atoms with van der Waals surface area (Å²) in [5.74, 6) is 2.12. The number of hydrogen-bond donors (Lipinski definition) is 1. The average Bonchev–Trinajstić information content (AvgIpc) is 2.41. The van der Waals surface area contributed by atoms with Gasteiger partial charge in [0.15, 0.2) is 0 Å². The molecule has 1 atom stereocenters. The number of nitrogens with zero attached hydrogens (tertiary/aromatic N) is 1. The van der Waals surface area contributed by atoms with E-state index in [1.165, 1.54) is 0 Å². The van der Waals surface area contributed by atoms with Crippen LogP contribution in [0.15, 0.2) is 24.3 Å². The number of benzene rings is 1. The van der Waals surface area contributed by atoms with Gasteiger partial charge < -0.3 is 10.2 Å². The van der Waals surface area contributed by atoms with Crippen LogP contribution in [0.3, 0.4) is 0 Å². The first-order chi connectivity index (χ1) is 8.66. The third kappa shape index (κ3) is 3.64. The Hall–Kier alpha value is -0.710. The number of thioether (sulfide) groups is 1. The first-order valence-electron chi connectivity index (χ1n) is 5.97. The van der Waals surface area contributed by atoms with Crippen molar-refractivity contribution in [3.63, 3.8) is 0 Å². The fourth-order valence-corrected chi connectivity index (χ4v) is 2.98. The van der Waals surface area contributed by atoms with Crippen molar-refractivity contribution < 1.29 is 4.79 Å². The van der Waals surface area contributed by atoms with Crippen LogP contribution >= 0.6 is 23.4 Å². The molecule has 1 saturated heterocycles. The molecule has 1 aliphatic rings. The fourth-order valence-electron chi connectivity index (χ4n) is 1.93. The molecule has 98 valence electrons. The van der Waals surface area contributed by atoms with Crippen molar-refractivity contribution in [2.24, 2.45) is 0 Å². The number of amides is 1. The van der Waals surface area contributed by atoms with Crippen molar-refractivity contribution in [1.29, 1.82) is 0 Å². The van der Waals surface area contributed by atoms with Gasteiger partial charge in [0, 0.05) is 36.7 Å². The molecule has 1 aromatic carbocycles. The van der Waals surface area contributed by atoms with Crippen LogP contribution in [-0.2, 0) is 11.3 Å². The lowest BCUT2D eigenvalue weighted by atomic mass is 10.2. The van der Waals surface area contributed by atoms with Gasteiger partial charge in [-0.2, -0.15) is 11.8 Å². The molecule has 1 aliphatic heterocycles. The normalized spacial score (nSPS) is 19.6. The van der Waals surface area contributed by atoms with Gasteiger partial charge in [-0.3, -0.25) is 4.79 Å². The number of nitrogens with one attached hydrogen (secondary N) is 1. The molecule has 0 spiro atoms. The van der Waals surface area contributed by atoms with Crippen molar-refractivity contribution in [3.05, 3.63) is 34.9 Å². The van der Waals surface area contributed by atoms with Crippen molar-refractivity contribution in [2.75, 3.05) is 25.1 Å². The molecule has 1 amide bonds. The van der Waals surface area contributed by atoms with Gasteiger partial charge in [-0.25, -0.2) is 0 Å². The highest BCUT2D eigenvalue weighted by molar-refractivity contribution is 7.99. The van der Waals surface area contributed by atoms with E-state index < -0.39 is 0 Å². The zero-order chi connectivity index (χ0) is 13.0. The lowest BCUT2D eigenvalue weighted by Gasteiger charge is -2.27. The SMILES string of the molecule is CN(Cc1ccc(Cl)cc1)C(=O)C1CSCCN1. The van der Waals surface area contributed by atoms with Crippen molar-refractivity contribution in [3.8, 4) is 0 Å². The molecule has 1 aromatic rings. The van der Waals surface area contributed by atoms with Gasteiger partial charge in [-0.15, -0.1) is 0 Å². The Labute approximate surface area is 117 Å². The van der Waals surface area contributed by atoms with E-state index in [1.807, 2.05) is 43.1 Å². The molecule has 18 heavy (non-hydrogen) atoms. The molecule has 0 saturated carbocycles. The molecule has 1 unspecified atom stereocenters. The number of carbonyl (C=O) groups is 1. The topological polar surface area (TPSA) is 32.3 Å². The highest BCUT2D eigenvalue weighted by Crippen LogP contribution is 2.13. The van der Waals surface area contributed by atoms with Gasteiger partial charge in [0.2, 0.25) is 5.91 Å². The number of hydrogen-bond acceptors (Lipinski definition) is 3. The Morgan fingerprint density at radius 3 is 2.83 bits per heavy atom. The number of rotatable bonds is 3.